The summed E-state index contributed by atoms with van der Waals surface area (Å²) in [7, 11) is 0. The van der Waals surface area contributed by atoms with E-state index in [4.69, 9.17) is 0 Å². The third-order valence-corrected chi connectivity index (χ3v) is 14.0. The minimum Gasteiger partial charge on any atom is -0.310 e. The van der Waals surface area contributed by atoms with Crippen molar-refractivity contribution in [2.45, 2.75) is 30.6 Å². The van der Waals surface area contributed by atoms with Crippen LogP contribution in [0.2, 0.25) is 0 Å². The summed E-state index contributed by atoms with van der Waals surface area (Å²) in [6.45, 7) is 4.87. The maximum atomic E-state index is 2.55. The molecular weight excluding hydrogens is 711 g/mol. The molecule has 59 heavy (non-hydrogen) atoms. The van der Waals surface area contributed by atoms with E-state index in [1.807, 2.05) is 0 Å². The van der Waals surface area contributed by atoms with E-state index in [1.165, 1.54) is 89.3 Å². The molecule has 0 radical (unpaired) electrons. The first-order chi connectivity index (χ1) is 29.0. The molecule has 1 spiro atoms. The third kappa shape index (κ3) is 4.79. The summed E-state index contributed by atoms with van der Waals surface area (Å²) in [6.07, 6.45) is 9.29. The summed E-state index contributed by atoms with van der Waals surface area (Å²) >= 11 is 0. The Morgan fingerprint density at radius 1 is 0.407 bits per heavy atom. The van der Waals surface area contributed by atoms with Gasteiger partial charge >= 0.3 is 0 Å². The van der Waals surface area contributed by atoms with E-state index in [9.17, 15) is 0 Å². The van der Waals surface area contributed by atoms with Crippen LogP contribution in [0, 0.1) is 5.92 Å². The summed E-state index contributed by atoms with van der Waals surface area (Å²) in [5.74, 6) is 0.830. The summed E-state index contributed by atoms with van der Waals surface area (Å²) in [4.78, 5) is 2.55. The molecule has 4 aliphatic rings. The Labute approximate surface area is 347 Å². The normalized spacial score (nSPS) is 19.4. The van der Waals surface area contributed by atoms with E-state index in [1.54, 1.807) is 0 Å². The molecule has 1 nitrogen and oxygen atoms in total. The molecule has 3 unspecified atom stereocenters. The van der Waals surface area contributed by atoms with Gasteiger partial charge in [0.2, 0.25) is 0 Å². The van der Waals surface area contributed by atoms with Gasteiger partial charge in [0, 0.05) is 22.9 Å². The highest BCUT2D eigenvalue weighted by Crippen LogP contribution is 2.65. The maximum Gasteiger partial charge on any atom is 0.0726 e. The van der Waals surface area contributed by atoms with Gasteiger partial charge in [-0.2, -0.15) is 0 Å². The van der Waals surface area contributed by atoms with Crippen molar-refractivity contribution in [3.63, 3.8) is 0 Å². The highest BCUT2D eigenvalue weighted by Gasteiger charge is 2.52. The monoisotopic (exact) mass is 753 g/mol. The van der Waals surface area contributed by atoms with Crippen molar-refractivity contribution >= 4 is 17.1 Å². The van der Waals surface area contributed by atoms with Crippen LogP contribution in [0.1, 0.15) is 53.1 Å². The standard InChI is InChI=1S/C58H43N/c1-57(2)49-26-12-9-23-44(49)46-33-32-43(37-54(46)57)59(42-22-15-21-40(35-42)38-17-5-3-6-18-38)55-30-16-29-53-56(55)47-25-11-14-28-51(47)58(53)50-27-13-10-24-45(50)48-36-41(31-34-52(48)58)39-19-7-4-8-20-39/h3-37,44,49H,1-2H3. The number of benzene rings is 8. The maximum absolute atomic E-state index is 2.55. The fourth-order valence-electron chi connectivity index (χ4n) is 11.4. The highest BCUT2D eigenvalue weighted by atomic mass is 15.1. The molecule has 3 atom stereocenters. The minimum absolute atomic E-state index is 0.0139. The van der Waals surface area contributed by atoms with Gasteiger partial charge in [0.15, 0.2) is 0 Å². The number of anilines is 3. The third-order valence-electron chi connectivity index (χ3n) is 14.0. The number of hydrogen-bond acceptors (Lipinski definition) is 1. The van der Waals surface area contributed by atoms with Crippen LogP contribution in [0.4, 0.5) is 17.1 Å². The highest BCUT2D eigenvalue weighted by molar-refractivity contribution is 6.01. The van der Waals surface area contributed by atoms with Crippen LogP contribution < -0.4 is 4.90 Å². The first kappa shape index (κ1) is 34.1. The van der Waals surface area contributed by atoms with E-state index < -0.39 is 5.41 Å². The molecule has 0 bridgehead atoms. The predicted molar refractivity (Wildman–Crippen MR) is 246 cm³/mol. The quantitative estimate of drug-likeness (QED) is 0.169. The first-order valence-electron chi connectivity index (χ1n) is 21.0. The SMILES string of the molecule is CC1(C)c2cc(N(c3cccc(-c4ccccc4)c3)c3cccc4c3-c3ccccc3C43c4ccccc4-c4cc(-c5ccccc5)ccc43)ccc2C2C=CC=CC21. The molecular formula is C58H43N. The van der Waals surface area contributed by atoms with E-state index in [0.717, 1.165) is 5.69 Å². The number of allylic oxidation sites excluding steroid dienone is 4. The summed E-state index contributed by atoms with van der Waals surface area (Å²) in [5, 5.41) is 0. The molecule has 12 rings (SSSR count). The van der Waals surface area contributed by atoms with Gasteiger partial charge in [-0.25, -0.2) is 0 Å². The number of fused-ring (bicyclic) bond motifs is 13. The largest absolute Gasteiger partial charge is 0.310 e. The van der Waals surface area contributed by atoms with Crippen LogP contribution in [0.3, 0.4) is 0 Å². The summed E-state index contributed by atoms with van der Waals surface area (Å²) in [6, 6.07) is 70.6. The summed E-state index contributed by atoms with van der Waals surface area (Å²) in [5.41, 5.74) is 21.4. The average Bonchev–Trinajstić information content (AvgIpc) is 3.86. The topological polar surface area (TPSA) is 3.24 Å². The molecule has 0 saturated heterocycles. The van der Waals surface area contributed by atoms with Crippen LogP contribution in [0.25, 0.3) is 44.5 Å². The van der Waals surface area contributed by atoms with Crippen molar-refractivity contribution in [2.75, 3.05) is 4.90 Å². The second-order valence-corrected chi connectivity index (χ2v) is 17.2. The number of nitrogens with zero attached hydrogens (tertiary/aromatic N) is 1. The molecule has 4 aliphatic carbocycles. The van der Waals surface area contributed by atoms with Gasteiger partial charge in [0.25, 0.3) is 0 Å². The second-order valence-electron chi connectivity index (χ2n) is 17.2. The zero-order valence-electron chi connectivity index (χ0n) is 33.3. The van der Waals surface area contributed by atoms with Gasteiger partial charge in [-0.1, -0.05) is 190 Å². The van der Waals surface area contributed by atoms with Crippen molar-refractivity contribution < 1.29 is 0 Å². The molecule has 8 aromatic rings. The van der Waals surface area contributed by atoms with Crippen LogP contribution >= 0.6 is 0 Å². The lowest BCUT2D eigenvalue weighted by Gasteiger charge is -2.32. The summed E-state index contributed by atoms with van der Waals surface area (Å²) < 4.78 is 0. The van der Waals surface area contributed by atoms with Crippen molar-refractivity contribution in [3.05, 3.63) is 246 Å². The van der Waals surface area contributed by atoms with Crippen molar-refractivity contribution in [1.82, 2.24) is 0 Å². The van der Waals surface area contributed by atoms with Crippen molar-refractivity contribution in [1.29, 1.82) is 0 Å². The molecule has 8 aromatic carbocycles. The number of hydrogen-bond donors (Lipinski definition) is 0. The van der Waals surface area contributed by atoms with Crippen molar-refractivity contribution in [3.8, 4) is 44.5 Å². The van der Waals surface area contributed by atoms with Crippen LogP contribution in [-0.2, 0) is 10.8 Å². The first-order valence-corrected chi connectivity index (χ1v) is 21.0. The second kappa shape index (κ2) is 12.8. The van der Waals surface area contributed by atoms with Gasteiger partial charge in [-0.3, -0.25) is 0 Å². The van der Waals surface area contributed by atoms with Crippen LogP contribution in [0.15, 0.2) is 212 Å². The molecule has 0 fully saturated rings. The average molecular weight is 754 g/mol. The Kier molecular flexibility index (Phi) is 7.38. The van der Waals surface area contributed by atoms with Gasteiger partial charge in [-0.05, 0) is 120 Å². The Balaban J connectivity index is 1.12. The minimum atomic E-state index is -0.463. The zero-order valence-corrected chi connectivity index (χ0v) is 33.3. The Morgan fingerprint density at radius 2 is 1.00 bits per heavy atom. The van der Waals surface area contributed by atoms with Crippen LogP contribution in [-0.4, -0.2) is 0 Å². The van der Waals surface area contributed by atoms with E-state index in [-0.39, 0.29) is 5.41 Å². The lowest BCUT2D eigenvalue weighted by molar-refractivity contribution is 0.394. The van der Waals surface area contributed by atoms with Gasteiger partial charge in [0.05, 0.1) is 11.1 Å². The predicted octanol–water partition coefficient (Wildman–Crippen LogP) is 15.0. The molecule has 0 N–H and O–H groups in total. The van der Waals surface area contributed by atoms with Crippen LogP contribution in [0.5, 0.6) is 0 Å². The Bertz CT molecular complexity index is 3040. The zero-order chi connectivity index (χ0) is 39.3. The lowest BCUT2D eigenvalue weighted by Crippen LogP contribution is -2.26. The van der Waals surface area contributed by atoms with E-state index >= 15 is 0 Å². The molecule has 0 aromatic heterocycles. The molecule has 280 valence electrons. The van der Waals surface area contributed by atoms with E-state index in [0.29, 0.717) is 11.8 Å². The molecule has 0 amide bonds. The van der Waals surface area contributed by atoms with Gasteiger partial charge < -0.3 is 4.90 Å². The fraction of sp³-hybridized carbons (Fsp3) is 0.103. The van der Waals surface area contributed by atoms with E-state index in [2.05, 4.69) is 231 Å². The Morgan fingerprint density at radius 3 is 1.78 bits per heavy atom. The van der Waals surface area contributed by atoms with Gasteiger partial charge in [0.1, 0.15) is 0 Å². The molecule has 0 saturated carbocycles. The molecule has 1 heteroatoms. The van der Waals surface area contributed by atoms with Gasteiger partial charge in [-0.15, -0.1) is 0 Å². The number of rotatable bonds is 5. The lowest BCUT2D eigenvalue weighted by atomic mass is 9.70. The molecule has 0 heterocycles. The Hall–Kier alpha value is -6.96. The molecule has 0 aliphatic heterocycles. The fourth-order valence-corrected chi connectivity index (χ4v) is 11.4. The smallest absolute Gasteiger partial charge is 0.0726 e. The van der Waals surface area contributed by atoms with Crippen molar-refractivity contribution in [2.24, 2.45) is 5.92 Å².